The molecule has 0 saturated heterocycles. The minimum atomic E-state index is -0.372. The molecule has 6 rings (SSSR count). The Balaban J connectivity index is 1.51. The van der Waals surface area contributed by atoms with Gasteiger partial charge in [0.05, 0.1) is 35.7 Å². The van der Waals surface area contributed by atoms with Crippen LogP contribution in [0.25, 0.3) is 55.7 Å². The molecular formula is C26H19FN6O. The van der Waals surface area contributed by atoms with Crippen molar-refractivity contribution >= 4 is 21.9 Å². The van der Waals surface area contributed by atoms with Crippen LogP contribution in [0.3, 0.4) is 0 Å². The van der Waals surface area contributed by atoms with E-state index in [2.05, 4.69) is 25.1 Å². The Labute approximate surface area is 193 Å². The van der Waals surface area contributed by atoms with Gasteiger partial charge in [-0.3, -0.25) is 15.1 Å². The Morgan fingerprint density at radius 2 is 1.79 bits per heavy atom. The van der Waals surface area contributed by atoms with E-state index >= 15 is 0 Å². The Bertz CT molecular complexity index is 1690. The highest BCUT2D eigenvalue weighted by molar-refractivity contribution is 6.00. The fourth-order valence-corrected chi connectivity index (χ4v) is 4.21. The maximum atomic E-state index is 14.2. The lowest BCUT2D eigenvalue weighted by molar-refractivity contribution is 0.411. The number of pyridine rings is 3. The largest absolute Gasteiger partial charge is 0.497 e. The van der Waals surface area contributed by atoms with E-state index in [1.807, 2.05) is 37.4 Å². The second kappa shape index (κ2) is 7.77. The summed E-state index contributed by atoms with van der Waals surface area (Å²) >= 11 is 0. The summed E-state index contributed by atoms with van der Waals surface area (Å²) in [5.74, 6) is 0.0753. The molecule has 166 valence electrons. The number of aromatic nitrogens is 6. The van der Waals surface area contributed by atoms with Crippen LogP contribution in [0.1, 0.15) is 5.56 Å². The molecule has 0 aliphatic carbocycles. The fraction of sp³-hybridized carbons (Fsp3) is 0.0769. The van der Waals surface area contributed by atoms with Crippen molar-refractivity contribution in [1.29, 1.82) is 0 Å². The van der Waals surface area contributed by atoms with E-state index in [-0.39, 0.29) is 5.82 Å². The number of benzene rings is 1. The third-order valence-electron chi connectivity index (χ3n) is 5.94. The smallest absolute Gasteiger partial charge is 0.135 e. The molecule has 0 aliphatic rings. The zero-order chi connectivity index (χ0) is 23.2. The van der Waals surface area contributed by atoms with Gasteiger partial charge in [0, 0.05) is 41.2 Å². The molecule has 34 heavy (non-hydrogen) atoms. The average molecular weight is 450 g/mol. The van der Waals surface area contributed by atoms with Gasteiger partial charge in [-0.1, -0.05) is 0 Å². The van der Waals surface area contributed by atoms with Crippen LogP contribution in [0, 0.1) is 12.7 Å². The summed E-state index contributed by atoms with van der Waals surface area (Å²) in [6.45, 7) is 2.03. The number of H-pyrrole nitrogens is 2. The molecule has 0 radical (unpaired) electrons. The van der Waals surface area contributed by atoms with Crippen LogP contribution in [0.5, 0.6) is 5.75 Å². The molecule has 5 aromatic heterocycles. The predicted octanol–water partition coefficient (Wildman–Crippen LogP) is 5.69. The molecule has 2 N–H and O–H groups in total. The molecule has 1 aromatic carbocycles. The number of aryl methyl sites for hydroxylation is 1. The lowest BCUT2D eigenvalue weighted by Crippen LogP contribution is -1.89. The minimum Gasteiger partial charge on any atom is -0.497 e. The van der Waals surface area contributed by atoms with Crippen LogP contribution in [0.2, 0.25) is 0 Å². The van der Waals surface area contributed by atoms with Crippen LogP contribution in [-0.2, 0) is 0 Å². The normalized spacial score (nSPS) is 11.4. The molecule has 0 unspecified atom stereocenters. The SMILES string of the molecule is COc1cc(F)cc(-c2cncc3[nH]c(-c4n[nH]c5ccc(-c6cnccc6C)nc45)cc23)c1. The second-order valence-electron chi connectivity index (χ2n) is 8.07. The van der Waals surface area contributed by atoms with Crippen molar-refractivity contribution in [3.8, 4) is 39.5 Å². The van der Waals surface area contributed by atoms with E-state index in [4.69, 9.17) is 9.72 Å². The number of nitrogens with zero attached hydrogens (tertiary/aromatic N) is 4. The van der Waals surface area contributed by atoms with Gasteiger partial charge in [-0.15, -0.1) is 0 Å². The number of hydrogen-bond acceptors (Lipinski definition) is 5. The Kier molecular flexibility index (Phi) is 4.58. The van der Waals surface area contributed by atoms with Crippen molar-refractivity contribution in [3.63, 3.8) is 0 Å². The molecule has 0 spiro atoms. The number of aromatic amines is 2. The molecular weight excluding hydrogens is 431 g/mol. The molecule has 6 aromatic rings. The molecule has 0 atom stereocenters. The Morgan fingerprint density at radius 3 is 2.65 bits per heavy atom. The Morgan fingerprint density at radius 1 is 0.912 bits per heavy atom. The number of methoxy groups -OCH3 is 1. The molecule has 0 bridgehead atoms. The zero-order valence-electron chi connectivity index (χ0n) is 18.4. The first-order valence-corrected chi connectivity index (χ1v) is 10.7. The van der Waals surface area contributed by atoms with E-state index in [0.29, 0.717) is 17.0 Å². The number of rotatable bonds is 4. The summed E-state index contributed by atoms with van der Waals surface area (Å²) in [6, 6.07) is 12.5. The van der Waals surface area contributed by atoms with Crippen molar-refractivity contribution in [2.45, 2.75) is 6.92 Å². The summed E-state index contributed by atoms with van der Waals surface area (Å²) in [5.41, 5.74) is 8.22. The van der Waals surface area contributed by atoms with Gasteiger partial charge in [0.15, 0.2) is 0 Å². The first kappa shape index (κ1) is 20.0. The zero-order valence-corrected chi connectivity index (χ0v) is 18.4. The number of fused-ring (bicyclic) bond motifs is 2. The topological polar surface area (TPSA) is 92.4 Å². The molecule has 8 heteroatoms. The van der Waals surface area contributed by atoms with Gasteiger partial charge in [-0.2, -0.15) is 5.10 Å². The monoisotopic (exact) mass is 450 g/mol. The summed E-state index contributed by atoms with van der Waals surface area (Å²) in [6.07, 6.45) is 7.05. The number of halogens is 1. The van der Waals surface area contributed by atoms with Gasteiger partial charge in [0.2, 0.25) is 0 Å². The van der Waals surface area contributed by atoms with Crippen molar-refractivity contribution in [2.75, 3.05) is 7.11 Å². The highest BCUT2D eigenvalue weighted by Gasteiger charge is 2.16. The van der Waals surface area contributed by atoms with E-state index in [1.54, 1.807) is 24.7 Å². The average Bonchev–Trinajstić information content (AvgIpc) is 3.47. The Hall–Kier alpha value is -4.59. The summed E-state index contributed by atoms with van der Waals surface area (Å²) in [7, 11) is 1.52. The highest BCUT2D eigenvalue weighted by Crippen LogP contribution is 2.35. The molecule has 5 heterocycles. The first-order chi connectivity index (χ1) is 16.6. The third kappa shape index (κ3) is 3.27. The van der Waals surface area contributed by atoms with Crippen molar-refractivity contribution in [3.05, 3.63) is 78.6 Å². The summed E-state index contributed by atoms with van der Waals surface area (Å²) in [5, 5.41) is 8.49. The fourth-order valence-electron chi connectivity index (χ4n) is 4.21. The standard InChI is InChI=1S/C26H19FN6O/c1-14-5-6-28-11-19(14)21-3-4-22-25(31-21)26(33-32-22)23-10-18-20(12-29-13-24(18)30-23)15-7-16(27)9-17(8-15)34-2/h3-13,30H,1-2H3,(H,32,33). The van der Waals surface area contributed by atoms with Crippen molar-refractivity contribution in [2.24, 2.45) is 0 Å². The molecule has 0 saturated carbocycles. The van der Waals surface area contributed by atoms with Gasteiger partial charge in [-0.25, -0.2) is 9.37 Å². The van der Waals surface area contributed by atoms with Crippen LogP contribution in [0.4, 0.5) is 4.39 Å². The highest BCUT2D eigenvalue weighted by atomic mass is 19.1. The summed E-state index contributed by atoms with van der Waals surface area (Å²) in [4.78, 5) is 16.9. The summed E-state index contributed by atoms with van der Waals surface area (Å²) < 4.78 is 19.4. The van der Waals surface area contributed by atoms with Crippen molar-refractivity contribution < 1.29 is 9.13 Å². The van der Waals surface area contributed by atoms with Gasteiger partial charge in [0.25, 0.3) is 0 Å². The maximum absolute atomic E-state index is 14.2. The van der Waals surface area contributed by atoms with Crippen LogP contribution in [-0.4, -0.2) is 37.2 Å². The molecule has 0 aliphatic heterocycles. The molecule has 0 fully saturated rings. The van der Waals surface area contributed by atoms with E-state index in [9.17, 15) is 4.39 Å². The quantitative estimate of drug-likeness (QED) is 0.360. The van der Waals surface area contributed by atoms with E-state index in [1.165, 1.54) is 19.2 Å². The first-order valence-electron chi connectivity index (χ1n) is 10.7. The van der Waals surface area contributed by atoms with Crippen LogP contribution < -0.4 is 4.74 Å². The minimum absolute atomic E-state index is 0.372. The van der Waals surface area contributed by atoms with E-state index in [0.717, 1.165) is 50.0 Å². The van der Waals surface area contributed by atoms with Gasteiger partial charge in [0.1, 0.15) is 22.8 Å². The van der Waals surface area contributed by atoms with Crippen LogP contribution in [0.15, 0.2) is 67.3 Å². The van der Waals surface area contributed by atoms with Gasteiger partial charge >= 0.3 is 0 Å². The lowest BCUT2D eigenvalue weighted by Gasteiger charge is -2.06. The van der Waals surface area contributed by atoms with Gasteiger partial charge < -0.3 is 9.72 Å². The molecule has 7 nitrogen and oxygen atoms in total. The molecule has 0 amide bonds. The number of ether oxygens (including phenoxy) is 1. The van der Waals surface area contributed by atoms with E-state index < -0.39 is 0 Å². The number of hydrogen-bond donors (Lipinski definition) is 2. The predicted molar refractivity (Wildman–Crippen MR) is 129 cm³/mol. The van der Waals surface area contributed by atoms with Crippen LogP contribution >= 0.6 is 0 Å². The van der Waals surface area contributed by atoms with Crippen molar-refractivity contribution in [1.82, 2.24) is 30.1 Å². The third-order valence-corrected chi connectivity index (χ3v) is 5.94. The number of nitrogens with one attached hydrogen (secondary N) is 2. The lowest BCUT2D eigenvalue weighted by atomic mass is 10.0. The van der Waals surface area contributed by atoms with Gasteiger partial charge in [-0.05, 0) is 54.4 Å². The maximum Gasteiger partial charge on any atom is 0.135 e. The second-order valence-corrected chi connectivity index (χ2v) is 8.07.